The van der Waals surface area contributed by atoms with Crippen LogP contribution in [0.25, 0.3) is 0 Å². The van der Waals surface area contributed by atoms with Crippen LogP contribution in [0.15, 0.2) is 24.4 Å². The molecule has 3 rings (SSSR count). The Labute approximate surface area is 162 Å². The molecule has 0 atom stereocenters. The van der Waals surface area contributed by atoms with E-state index in [9.17, 15) is 4.79 Å². The van der Waals surface area contributed by atoms with Gasteiger partial charge >= 0.3 is 5.97 Å². The molecule has 144 valence electrons. The van der Waals surface area contributed by atoms with E-state index in [0.29, 0.717) is 36.1 Å². The van der Waals surface area contributed by atoms with Crippen molar-refractivity contribution < 1.29 is 19.0 Å². The Hall–Kier alpha value is -2.61. The number of piperidine rings is 1. The normalized spacial score (nSPS) is 14.7. The highest BCUT2D eigenvalue weighted by molar-refractivity contribution is 6.29. The molecule has 0 aromatic carbocycles. The van der Waals surface area contributed by atoms with Gasteiger partial charge in [-0.25, -0.2) is 9.78 Å². The van der Waals surface area contributed by atoms with E-state index in [1.54, 1.807) is 26.3 Å². The van der Waals surface area contributed by atoms with E-state index in [0.717, 1.165) is 12.8 Å². The molecule has 8 nitrogen and oxygen atoms in total. The standard InChI is InChI=1S/C18H21ClN4O4/c1-3-26-18(24)14-10-15(19)21-22-17(14)23-8-6-12(7-9-23)27-13-4-5-16(25-2)20-11-13/h4-5,10-12H,3,6-9H2,1-2H3. The zero-order valence-corrected chi connectivity index (χ0v) is 16.0. The first-order chi connectivity index (χ1) is 13.1. The molecule has 1 saturated heterocycles. The average Bonchev–Trinajstić information content (AvgIpc) is 2.69. The molecule has 0 unspecified atom stereocenters. The molecule has 0 aliphatic carbocycles. The Morgan fingerprint density at radius 1 is 1.30 bits per heavy atom. The average molecular weight is 393 g/mol. The molecule has 2 aromatic rings. The van der Waals surface area contributed by atoms with E-state index in [4.69, 9.17) is 25.8 Å². The number of aromatic nitrogens is 3. The van der Waals surface area contributed by atoms with Crippen molar-refractivity contribution in [2.24, 2.45) is 0 Å². The third-order valence-corrected chi connectivity index (χ3v) is 4.39. The lowest BCUT2D eigenvalue weighted by atomic mass is 10.1. The maximum Gasteiger partial charge on any atom is 0.342 e. The van der Waals surface area contributed by atoms with Gasteiger partial charge in [-0.05, 0) is 19.1 Å². The zero-order valence-electron chi connectivity index (χ0n) is 15.2. The van der Waals surface area contributed by atoms with Crippen LogP contribution >= 0.6 is 11.6 Å². The van der Waals surface area contributed by atoms with E-state index in [1.165, 1.54) is 6.07 Å². The van der Waals surface area contributed by atoms with Gasteiger partial charge in [0, 0.05) is 32.0 Å². The zero-order chi connectivity index (χ0) is 19.2. The van der Waals surface area contributed by atoms with Gasteiger partial charge in [-0.15, -0.1) is 10.2 Å². The number of hydrogen-bond donors (Lipinski definition) is 0. The molecule has 0 amide bonds. The van der Waals surface area contributed by atoms with Crippen LogP contribution in [0, 0.1) is 0 Å². The van der Waals surface area contributed by atoms with Crippen LogP contribution in [-0.4, -0.2) is 54.1 Å². The van der Waals surface area contributed by atoms with Crippen molar-refractivity contribution >= 4 is 23.4 Å². The quantitative estimate of drug-likeness (QED) is 0.693. The van der Waals surface area contributed by atoms with Crippen LogP contribution in [-0.2, 0) is 4.74 Å². The number of methoxy groups -OCH3 is 1. The minimum Gasteiger partial charge on any atom is -0.489 e. The molecule has 2 aromatic heterocycles. The van der Waals surface area contributed by atoms with Crippen molar-refractivity contribution in [2.75, 3.05) is 31.7 Å². The third kappa shape index (κ3) is 4.77. The number of rotatable bonds is 6. The van der Waals surface area contributed by atoms with E-state index < -0.39 is 5.97 Å². The predicted molar refractivity (Wildman–Crippen MR) is 99.7 cm³/mol. The van der Waals surface area contributed by atoms with Crippen LogP contribution in [0.1, 0.15) is 30.1 Å². The number of carbonyl (C=O) groups is 1. The van der Waals surface area contributed by atoms with Gasteiger partial charge in [0.2, 0.25) is 5.88 Å². The summed E-state index contributed by atoms with van der Waals surface area (Å²) in [6.07, 6.45) is 3.26. The summed E-state index contributed by atoms with van der Waals surface area (Å²) in [6.45, 7) is 3.39. The number of carbonyl (C=O) groups excluding carboxylic acids is 1. The fourth-order valence-electron chi connectivity index (χ4n) is 2.89. The molecule has 1 aliphatic heterocycles. The summed E-state index contributed by atoms with van der Waals surface area (Å²) in [5, 5.41) is 8.15. The second kappa shape index (κ2) is 8.85. The first-order valence-corrected chi connectivity index (χ1v) is 9.10. The lowest BCUT2D eigenvalue weighted by Gasteiger charge is -2.33. The van der Waals surface area contributed by atoms with E-state index >= 15 is 0 Å². The van der Waals surface area contributed by atoms with Crippen LogP contribution in [0.2, 0.25) is 5.15 Å². The second-order valence-electron chi connectivity index (χ2n) is 5.97. The monoisotopic (exact) mass is 392 g/mol. The van der Waals surface area contributed by atoms with Gasteiger partial charge in [0.05, 0.1) is 19.9 Å². The van der Waals surface area contributed by atoms with Gasteiger partial charge in [0.15, 0.2) is 11.0 Å². The highest BCUT2D eigenvalue weighted by Gasteiger charge is 2.26. The number of hydrogen-bond acceptors (Lipinski definition) is 8. The summed E-state index contributed by atoms with van der Waals surface area (Å²) in [5.74, 6) is 1.28. The van der Waals surface area contributed by atoms with Crippen LogP contribution in [0.4, 0.5) is 5.82 Å². The van der Waals surface area contributed by atoms with Crippen molar-refractivity contribution in [3.63, 3.8) is 0 Å². The summed E-state index contributed by atoms with van der Waals surface area (Å²) in [7, 11) is 1.57. The highest BCUT2D eigenvalue weighted by Crippen LogP contribution is 2.26. The molecule has 0 N–H and O–H groups in total. The SMILES string of the molecule is CCOC(=O)c1cc(Cl)nnc1N1CCC(Oc2ccc(OC)nc2)CC1. The molecule has 9 heteroatoms. The molecule has 27 heavy (non-hydrogen) atoms. The molecule has 1 aliphatic rings. The summed E-state index contributed by atoms with van der Waals surface area (Å²) in [6, 6.07) is 5.09. The summed E-state index contributed by atoms with van der Waals surface area (Å²) in [5.41, 5.74) is 0.329. The Morgan fingerprint density at radius 3 is 2.70 bits per heavy atom. The third-order valence-electron chi connectivity index (χ3n) is 4.20. The van der Waals surface area contributed by atoms with Crippen molar-refractivity contribution in [2.45, 2.75) is 25.9 Å². The number of nitrogens with zero attached hydrogens (tertiary/aromatic N) is 4. The van der Waals surface area contributed by atoms with Crippen LogP contribution in [0.5, 0.6) is 11.6 Å². The second-order valence-corrected chi connectivity index (χ2v) is 6.35. The molecular formula is C18H21ClN4O4. The number of ether oxygens (including phenoxy) is 3. The van der Waals surface area contributed by atoms with Gasteiger partial charge in [-0.3, -0.25) is 0 Å². The first-order valence-electron chi connectivity index (χ1n) is 8.72. The minimum absolute atomic E-state index is 0.0581. The van der Waals surface area contributed by atoms with E-state index in [2.05, 4.69) is 15.2 Å². The number of halogens is 1. The predicted octanol–water partition coefficient (Wildman–Crippen LogP) is 2.76. The summed E-state index contributed by atoms with van der Waals surface area (Å²) >= 11 is 5.90. The number of anilines is 1. The fourth-order valence-corrected chi connectivity index (χ4v) is 3.04. The number of esters is 1. The molecule has 0 spiro atoms. The van der Waals surface area contributed by atoms with Gasteiger partial charge in [-0.2, -0.15) is 0 Å². The highest BCUT2D eigenvalue weighted by atomic mass is 35.5. The maximum absolute atomic E-state index is 12.2. The van der Waals surface area contributed by atoms with Crippen molar-refractivity contribution in [1.82, 2.24) is 15.2 Å². The summed E-state index contributed by atoms with van der Waals surface area (Å²) in [4.78, 5) is 18.3. The molecular weight excluding hydrogens is 372 g/mol. The summed E-state index contributed by atoms with van der Waals surface area (Å²) < 4.78 is 16.1. The molecule has 3 heterocycles. The van der Waals surface area contributed by atoms with Crippen molar-refractivity contribution in [1.29, 1.82) is 0 Å². The molecule has 0 radical (unpaired) electrons. The molecule has 1 fully saturated rings. The van der Waals surface area contributed by atoms with Crippen LogP contribution < -0.4 is 14.4 Å². The molecule has 0 bridgehead atoms. The van der Waals surface area contributed by atoms with E-state index in [-0.39, 0.29) is 17.9 Å². The van der Waals surface area contributed by atoms with Gasteiger partial charge < -0.3 is 19.1 Å². The number of pyridine rings is 1. The largest absolute Gasteiger partial charge is 0.489 e. The minimum atomic E-state index is -0.452. The lowest BCUT2D eigenvalue weighted by molar-refractivity contribution is 0.0526. The Balaban J connectivity index is 1.64. The smallest absolute Gasteiger partial charge is 0.342 e. The van der Waals surface area contributed by atoms with Gasteiger partial charge in [-0.1, -0.05) is 11.6 Å². The van der Waals surface area contributed by atoms with Crippen molar-refractivity contribution in [3.8, 4) is 11.6 Å². The van der Waals surface area contributed by atoms with Gasteiger partial charge in [0.25, 0.3) is 0 Å². The first kappa shape index (κ1) is 19.2. The van der Waals surface area contributed by atoms with E-state index in [1.807, 2.05) is 11.0 Å². The fraction of sp³-hybridized carbons (Fsp3) is 0.444. The lowest BCUT2D eigenvalue weighted by Crippen LogP contribution is -2.39. The topological polar surface area (TPSA) is 86.7 Å². The Bertz CT molecular complexity index is 779. The molecule has 0 saturated carbocycles. The maximum atomic E-state index is 12.2. The Kier molecular flexibility index (Phi) is 6.28. The van der Waals surface area contributed by atoms with Crippen molar-refractivity contribution in [3.05, 3.63) is 35.1 Å². The van der Waals surface area contributed by atoms with Crippen LogP contribution in [0.3, 0.4) is 0 Å². The Morgan fingerprint density at radius 2 is 2.07 bits per heavy atom. The van der Waals surface area contributed by atoms with Gasteiger partial charge in [0.1, 0.15) is 17.4 Å².